The van der Waals surface area contributed by atoms with E-state index in [1.165, 1.54) is 0 Å². The van der Waals surface area contributed by atoms with Gasteiger partial charge in [-0.05, 0) is 35.6 Å². The number of nitrogens with zero attached hydrogens (tertiary/aromatic N) is 1. The number of benzene rings is 1. The number of phenols is 1. The van der Waals surface area contributed by atoms with E-state index in [1.807, 2.05) is 24.4 Å². The average Bonchev–Trinajstić information content (AvgIpc) is 3.03. The number of hydrogen-bond donors (Lipinski definition) is 2. The van der Waals surface area contributed by atoms with Crippen molar-refractivity contribution in [2.45, 2.75) is 32.4 Å². The number of hydrogen-bond acceptors (Lipinski definition) is 4. The highest BCUT2D eigenvalue weighted by molar-refractivity contribution is 7.09. The van der Waals surface area contributed by atoms with Crippen LogP contribution in [0.3, 0.4) is 0 Å². The van der Waals surface area contributed by atoms with Crippen molar-refractivity contribution in [2.24, 2.45) is 0 Å². The largest absolute Gasteiger partial charge is 0.508 e. The molecule has 4 nitrogen and oxygen atoms in total. The second-order valence-corrected chi connectivity index (χ2v) is 6.22. The second kappa shape index (κ2) is 7.96. The van der Waals surface area contributed by atoms with Gasteiger partial charge in [-0.1, -0.05) is 25.1 Å². The quantitative estimate of drug-likeness (QED) is 0.825. The van der Waals surface area contributed by atoms with Crippen molar-refractivity contribution >= 4 is 17.2 Å². The molecule has 1 aromatic carbocycles. The standard InChI is InChI=1S/C17H21NO3S/c1-2-14(12-19)18(11-16-4-3-9-22-16)17(21)10-13-5-7-15(20)8-6-13/h3-9,14,19-20H,2,10-12H2,1H3/t14-/m0/s1. The third-order valence-electron chi connectivity index (χ3n) is 3.64. The van der Waals surface area contributed by atoms with Crippen molar-refractivity contribution in [3.63, 3.8) is 0 Å². The van der Waals surface area contributed by atoms with Crippen molar-refractivity contribution in [1.82, 2.24) is 4.90 Å². The van der Waals surface area contributed by atoms with Gasteiger partial charge in [0.25, 0.3) is 0 Å². The van der Waals surface area contributed by atoms with Gasteiger partial charge in [-0.25, -0.2) is 0 Å². The predicted octanol–water partition coefficient (Wildman–Crippen LogP) is 2.80. The fourth-order valence-corrected chi connectivity index (χ4v) is 3.03. The average molecular weight is 319 g/mol. The van der Waals surface area contributed by atoms with Crippen molar-refractivity contribution in [1.29, 1.82) is 0 Å². The van der Waals surface area contributed by atoms with Gasteiger partial charge in [0.2, 0.25) is 5.91 Å². The molecule has 0 saturated heterocycles. The normalized spacial score (nSPS) is 12.1. The Hall–Kier alpha value is -1.85. The summed E-state index contributed by atoms with van der Waals surface area (Å²) < 4.78 is 0. The van der Waals surface area contributed by atoms with Crippen LogP contribution in [-0.2, 0) is 17.8 Å². The lowest BCUT2D eigenvalue weighted by Gasteiger charge is -2.29. The molecule has 0 aliphatic heterocycles. The van der Waals surface area contributed by atoms with E-state index >= 15 is 0 Å². The molecule has 1 heterocycles. The maximum atomic E-state index is 12.6. The van der Waals surface area contributed by atoms with Crippen LogP contribution in [0.2, 0.25) is 0 Å². The molecule has 0 spiro atoms. The minimum Gasteiger partial charge on any atom is -0.508 e. The van der Waals surface area contributed by atoms with Gasteiger partial charge in [0, 0.05) is 4.88 Å². The molecule has 0 saturated carbocycles. The summed E-state index contributed by atoms with van der Waals surface area (Å²) in [4.78, 5) is 15.5. The Morgan fingerprint density at radius 3 is 2.55 bits per heavy atom. The van der Waals surface area contributed by atoms with Crippen LogP contribution in [0.4, 0.5) is 0 Å². The second-order valence-electron chi connectivity index (χ2n) is 5.19. The molecule has 0 unspecified atom stereocenters. The summed E-state index contributed by atoms with van der Waals surface area (Å²) in [5, 5.41) is 20.8. The predicted molar refractivity (Wildman–Crippen MR) is 87.8 cm³/mol. The zero-order valence-corrected chi connectivity index (χ0v) is 13.4. The van der Waals surface area contributed by atoms with Crippen molar-refractivity contribution in [3.8, 4) is 5.75 Å². The van der Waals surface area contributed by atoms with E-state index < -0.39 is 0 Å². The van der Waals surface area contributed by atoms with Crippen molar-refractivity contribution in [2.75, 3.05) is 6.61 Å². The van der Waals surface area contributed by atoms with Gasteiger partial charge in [-0.3, -0.25) is 4.79 Å². The Kier molecular flexibility index (Phi) is 5.98. The van der Waals surface area contributed by atoms with Crippen LogP contribution >= 0.6 is 11.3 Å². The molecule has 1 amide bonds. The van der Waals surface area contributed by atoms with E-state index in [0.29, 0.717) is 13.0 Å². The van der Waals surface area contributed by atoms with Crippen LogP contribution in [0.5, 0.6) is 5.75 Å². The van der Waals surface area contributed by atoms with E-state index in [9.17, 15) is 15.0 Å². The number of aliphatic hydroxyl groups is 1. The third-order valence-corrected chi connectivity index (χ3v) is 4.50. The summed E-state index contributed by atoms with van der Waals surface area (Å²) in [6.45, 7) is 2.45. The third kappa shape index (κ3) is 4.32. The van der Waals surface area contributed by atoms with Gasteiger partial charge < -0.3 is 15.1 Å². The van der Waals surface area contributed by atoms with Crippen LogP contribution in [0.15, 0.2) is 41.8 Å². The molecule has 2 N–H and O–H groups in total. The van der Waals surface area contributed by atoms with E-state index in [0.717, 1.165) is 10.4 Å². The lowest BCUT2D eigenvalue weighted by atomic mass is 10.1. The molecule has 0 bridgehead atoms. The minimum atomic E-state index is -0.174. The number of aliphatic hydroxyl groups excluding tert-OH is 1. The summed E-state index contributed by atoms with van der Waals surface area (Å²) in [6.07, 6.45) is 0.978. The maximum absolute atomic E-state index is 12.6. The van der Waals surface area contributed by atoms with Crippen LogP contribution in [0, 0.1) is 0 Å². The summed E-state index contributed by atoms with van der Waals surface area (Å²) in [5.74, 6) is 0.174. The molecule has 22 heavy (non-hydrogen) atoms. The monoisotopic (exact) mass is 319 g/mol. The minimum absolute atomic E-state index is 0.0139. The molecule has 5 heteroatoms. The first-order valence-corrected chi connectivity index (χ1v) is 8.22. The Morgan fingerprint density at radius 1 is 1.27 bits per heavy atom. The van der Waals surface area contributed by atoms with Crippen LogP contribution < -0.4 is 0 Å². The first kappa shape index (κ1) is 16.5. The lowest BCUT2D eigenvalue weighted by molar-refractivity contribution is -0.134. The Labute approximate surface area is 134 Å². The molecular formula is C17H21NO3S. The summed E-state index contributed by atoms with van der Waals surface area (Å²) >= 11 is 1.61. The van der Waals surface area contributed by atoms with Gasteiger partial charge >= 0.3 is 0 Å². The summed E-state index contributed by atoms with van der Waals surface area (Å²) in [5.41, 5.74) is 0.853. The van der Waals surface area contributed by atoms with Crippen LogP contribution in [0.1, 0.15) is 23.8 Å². The molecule has 2 rings (SSSR count). The molecule has 1 aromatic heterocycles. The zero-order valence-electron chi connectivity index (χ0n) is 12.6. The van der Waals surface area contributed by atoms with Gasteiger partial charge in [-0.15, -0.1) is 11.3 Å². The van der Waals surface area contributed by atoms with Gasteiger partial charge in [0.1, 0.15) is 5.75 Å². The Balaban J connectivity index is 2.12. The van der Waals surface area contributed by atoms with Crippen molar-refractivity contribution in [3.05, 3.63) is 52.2 Å². The lowest BCUT2D eigenvalue weighted by Crippen LogP contribution is -2.42. The van der Waals surface area contributed by atoms with Gasteiger partial charge in [0.15, 0.2) is 0 Å². The molecule has 0 radical (unpaired) electrons. The first-order valence-electron chi connectivity index (χ1n) is 7.34. The topological polar surface area (TPSA) is 60.8 Å². The molecule has 1 atom stereocenters. The summed E-state index contributed by atoms with van der Waals surface area (Å²) in [6, 6.07) is 10.4. The number of carbonyl (C=O) groups excluding carboxylic acids is 1. The highest BCUT2D eigenvalue weighted by atomic mass is 32.1. The van der Waals surface area contributed by atoms with E-state index in [-0.39, 0.29) is 30.7 Å². The number of aromatic hydroxyl groups is 1. The maximum Gasteiger partial charge on any atom is 0.227 e. The van der Waals surface area contributed by atoms with Crippen LogP contribution in [-0.4, -0.2) is 33.7 Å². The van der Waals surface area contributed by atoms with E-state index in [1.54, 1.807) is 40.5 Å². The number of carbonyl (C=O) groups is 1. The number of amides is 1. The number of thiophene rings is 1. The van der Waals surface area contributed by atoms with Crippen molar-refractivity contribution < 1.29 is 15.0 Å². The molecule has 2 aromatic rings. The van der Waals surface area contributed by atoms with Gasteiger partial charge in [0.05, 0.1) is 25.6 Å². The molecular weight excluding hydrogens is 298 g/mol. The Morgan fingerprint density at radius 2 is 2.00 bits per heavy atom. The molecule has 0 fully saturated rings. The SMILES string of the molecule is CC[C@@H](CO)N(Cc1cccs1)C(=O)Cc1ccc(O)cc1. The summed E-state index contributed by atoms with van der Waals surface area (Å²) in [7, 11) is 0. The fourth-order valence-electron chi connectivity index (χ4n) is 2.33. The molecule has 0 aliphatic carbocycles. The number of phenolic OH excluding ortho intramolecular Hbond substituents is 1. The zero-order chi connectivity index (χ0) is 15.9. The highest BCUT2D eigenvalue weighted by Gasteiger charge is 2.22. The molecule has 118 valence electrons. The van der Waals surface area contributed by atoms with E-state index in [2.05, 4.69) is 0 Å². The first-order chi connectivity index (χ1) is 10.6. The highest BCUT2D eigenvalue weighted by Crippen LogP contribution is 2.18. The number of rotatable bonds is 7. The fraction of sp³-hybridized carbons (Fsp3) is 0.353. The van der Waals surface area contributed by atoms with Gasteiger partial charge in [-0.2, -0.15) is 0 Å². The van der Waals surface area contributed by atoms with E-state index in [4.69, 9.17) is 0 Å². The smallest absolute Gasteiger partial charge is 0.227 e. The molecule has 0 aliphatic rings. The van der Waals surface area contributed by atoms with Crippen LogP contribution in [0.25, 0.3) is 0 Å². The Bertz CT molecular complexity index is 576.